The predicted octanol–water partition coefficient (Wildman–Crippen LogP) is 1.53. The lowest BCUT2D eigenvalue weighted by atomic mass is 9.73. The lowest BCUT2D eigenvalue weighted by Crippen LogP contribution is -2.54. The Bertz CT molecular complexity index is 796. The Hall–Kier alpha value is -2.77. The monoisotopic (exact) mass is 373 g/mol. The number of rotatable bonds is 4. The van der Waals surface area contributed by atoms with Crippen molar-refractivity contribution in [3.05, 3.63) is 23.8 Å². The molecule has 8 heteroatoms. The Kier molecular flexibility index (Phi) is 4.41. The molecule has 144 valence electrons. The maximum Gasteiger partial charge on any atom is 0.325 e. The Morgan fingerprint density at radius 2 is 2.11 bits per heavy atom. The van der Waals surface area contributed by atoms with Gasteiger partial charge in [0.2, 0.25) is 12.7 Å². The number of urea groups is 1. The molecule has 3 aliphatic rings. The van der Waals surface area contributed by atoms with E-state index in [0.717, 1.165) is 29.7 Å². The van der Waals surface area contributed by atoms with Gasteiger partial charge in [-0.05, 0) is 36.5 Å². The number of nitrogens with zero attached hydrogens (tertiary/aromatic N) is 1. The molecule has 2 fully saturated rings. The molecule has 1 aromatic rings. The average Bonchev–Trinajstić information content (AvgIpc) is 3.21. The molecule has 2 heterocycles. The molecule has 2 aliphatic heterocycles. The molecule has 0 bridgehead atoms. The summed E-state index contributed by atoms with van der Waals surface area (Å²) in [5, 5.41) is 5.60. The molecule has 27 heavy (non-hydrogen) atoms. The van der Waals surface area contributed by atoms with Gasteiger partial charge in [-0.3, -0.25) is 14.5 Å². The zero-order chi connectivity index (χ0) is 19.0. The third kappa shape index (κ3) is 3.09. The van der Waals surface area contributed by atoms with E-state index < -0.39 is 11.6 Å². The van der Waals surface area contributed by atoms with Gasteiger partial charge in [-0.15, -0.1) is 0 Å². The number of fused-ring (bicyclic) bond motifs is 1. The SMILES string of the molecule is C[C@@H]1CCCC[C@]12NC(=O)N(CC(=O)NCc1ccc3c(c1)OCO3)C2=O. The number of amides is 4. The highest BCUT2D eigenvalue weighted by atomic mass is 16.7. The zero-order valence-corrected chi connectivity index (χ0v) is 15.2. The molecule has 0 unspecified atom stereocenters. The number of carbonyl (C=O) groups is 3. The van der Waals surface area contributed by atoms with Crippen molar-refractivity contribution in [3.63, 3.8) is 0 Å². The van der Waals surface area contributed by atoms with Crippen LogP contribution in [-0.2, 0) is 16.1 Å². The van der Waals surface area contributed by atoms with E-state index in [4.69, 9.17) is 9.47 Å². The lowest BCUT2D eigenvalue weighted by Gasteiger charge is -2.36. The molecule has 4 amide bonds. The van der Waals surface area contributed by atoms with Crippen molar-refractivity contribution >= 4 is 17.8 Å². The molecular formula is C19H23N3O5. The topological polar surface area (TPSA) is 97.0 Å². The van der Waals surface area contributed by atoms with E-state index in [1.54, 1.807) is 12.1 Å². The van der Waals surface area contributed by atoms with Crippen LogP contribution in [-0.4, -0.2) is 41.6 Å². The van der Waals surface area contributed by atoms with E-state index >= 15 is 0 Å². The van der Waals surface area contributed by atoms with Gasteiger partial charge in [-0.2, -0.15) is 0 Å². The molecule has 4 rings (SSSR count). The summed E-state index contributed by atoms with van der Waals surface area (Å²) < 4.78 is 10.6. The van der Waals surface area contributed by atoms with Crippen molar-refractivity contribution in [2.45, 2.75) is 44.7 Å². The standard InChI is InChI=1S/C19H23N3O5/c1-12-4-2-3-7-19(12)17(24)22(18(25)21-19)10-16(23)20-9-13-5-6-14-15(8-13)27-11-26-14/h5-6,8,12H,2-4,7,9-11H2,1H3,(H,20,23)(H,21,25)/t12-,19+/m1/s1. The fourth-order valence-electron chi connectivity index (χ4n) is 4.09. The Labute approximate surface area is 157 Å². The summed E-state index contributed by atoms with van der Waals surface area (Å²) in [5.41, 5.74) is 0.00889. The number of nitrogens with one attached hydrogen (secondary N) is 2. The van der Waals surface area contributed by atoms with Crippen molar-refractivity contribution in [2.75, 3.05) is 13.3 Å². The molecule has 0 aromatic heterocycles. The van der Waals surface area contributed by atoms with Crippen LogP contribution in [0.25, 0.3) is 0 Å². The Morgan fingerprint density at radius 1 is 1.30 bits per heavy atom. The molecule has 1 spiro atoms. The van der Waals surface area contributed by atoms with Crippen molar-refractivity contribution in [3.8, 4) is 11.5 Å². The first kappa shape index (κ1) is 17.6. The van der Waals surface area contributed by atoms with Gasteiger partial charge in [0.15, 0.2) is 11.5 Å². The predicted molar refractivity (Wildman–Crippen MR) is 95.0 cm³/mol. The summed E-state index contributed by atoms with van der Waals surface area (Å²) in [6, 6.07) is 4.94. The minimum atomic E-state index is -0.840. The minimum Gasteiger partial charge on any atom is -0.454 e. The maximum atomic E-state index is 12.9. The molecule has 1 saturated carbocycles. The Balaban J connectivity index is 1.36. The molecule has 1 saturated heterocycles. The van der Waals surface area contributed by atoms with Gasteiger partial charge in [-0.25, -0.2) is 4.79 Å². The van der Waals surface area contributed by atoms with E-state index in [9.17, 15) is 14.4 Å². The van der Waals surface area contributed by atoms with Gasteiger partial charge >= 0.3 is 6.03 Å². The van der Waals surface area contributed by atoms with Crippen LogP contribution in [0.2, 0.25) is 0 Å². The van der Waals surface area contributed by atoms with Crippen molar-refractivity contribution in [2.24, 2.45) is 5.92 Å². The summed E-state index contributed by atoms with van der Waals surface area (Å²) in [4.78, 5) is 38.5. The van der Waals surface area contributed by atoms with Gasteiger partial charge in [-0.1, -0.05) is 25.8 Å². The van der Waals surface area contributed by atoms with Crippen molar-refractivity contribution in [1.82, 2.24) is 15.5 Å². The van der Waals surface area contributed by atoms with Gasteiger partial charge in [0.1, 0.15) is 12.1 Å². The fourth-order valence-corrected chi connectivity index (χ4v) is 4.09. The lowest BCUT2D eigenvalue weighted by molar-refractivity contribution is -0.137. The van der Waals surface area contributed by atoms with Crippen LogP contribution in [0.1, 0.15) is 38.2 Å². The van der Waals surface area contributed by atoms with Gasteiger partial charge in [0, 0.05) is 6.54 Å². The van der Waals surface area contributed by atoms with Gasteiger partial charge in [0.25, 0.3) is 5.91 Å². The van der Waals surface area contributed by atoms with E-state index in [2.05, 4.69) is 10.6 Å². The highest BCUT2D eigenvalue weighted by Gasteiger charge is 2.55. The summed E-state index contributed by atoms with van der Waals surface area (Å²) in [6.45, 7) is 2.18. The maximum absolute atomic E-state index is 12.9. The van der Waals surface area contributed by atoms with Gasteiger partial charge < -0.3 is 20.1 Å². The van der Waals surface area contributed by atoms with E-state index in [1.165, 1.54) is 0 Å². The normalized spacial score (nSPS) is 26.4. The van der Waals surface area contributed by atoms with Crippen LogP contribution in [0.15, 0.2) is 18.2 Å². The molecular weight excluding hydrogens is 350 g/mol. The summed E-state index contributed by atoms with van der Waals surface area (Å²) in [5.74, 6) is 0.736. The highest BCUT2D eigenvalue weighted by Crippen LogP contribution is 2.38. The molecule has 2 atom stereocenters. The number of hydrogen-bond donors (Lipinski definition) is 2. The second kappa shape index (κ2) is 6.75. The van der Waals surface area contributed by atoms with Crippen LogP contribution in [0.3, 0.4) is 0 Å². The molecule has 2 N–H and O–H groups in total. The molecule has 1 aliphatic carbocycles. The highest BCUT2D eigenvalue weighted by molar-refractivity contribution is 6.09. The first-order chi connectivity index (χ1) is 13.0. The van der Waals surface area contributed by atoms with Crippen LogP contribution in [0.4, 0.5) is 4.79 Å². The minimum absolute atomic E-state index is 0.0735. The molecule has 8 nitrogen and oxygen atoms in total. The second-order valence-corrected chi connectivity index (χ2v) is 7.40. The number of carbonyl (C=O) groups excluding carboxylic acids is 3. The fraction of sp³-hybridized carbons (Fsp3) is 0.526. The number of hydrogen-bond acceptors (Lipinski definition) is 5. The summed E-state index contributed by atoms with van der Waals surface area (Å²) in [7, 11) is 0. The number of imide groups is 1. The second-order valence-electron chi connectivity index (χ2n) is 7.40. The first-order valence-electron chi connectivity index (χ1n) is 9.29. The first-order valence-corrected chi connectivity index (χ1v) is 9.29. The third-order valence-electron chi connectivity index (χ3n) is 5.73. The zero-order valence-electron chi connectivity index (χ0n) is 15.2. The summed E-state index contributed by atoms with van der Waals surface area (Å²) in [6.07, 6.45) is 3.49. The molecule has 1 aromatic carbocycles. The third-order valence-corrected chi connectivity index (χ3v) is 5.73. The van der Waals surface area contributed by atoms with Crippen LogP contribution >= 0.6 is 0 Å². The number of benzene rings is 1. The van der Waals surface area contributed by atoms with Crippen LogP contribution in [0, 0.1) is 5.92 Å². The van der Waals surface area contributed by atoms with E-state index in [-0.39, 0.29) is 37.6 Å². The van der Waals surface area contributed by atoms with Crippen molar-refractivity contribution < 1.29 is 23.9 Å². The smallest absolute Gasteiger partial charge is 0.325 e. The van der Waals surface area contributed by atoms with Crippen molar-refractivity contribution in [1.29, 1.82) is 0 Å². The average molecular weight is 373 g/mol. The molecule has 0 radical (unpaired) electrons. The van der Waals surface area contributed by atoms with E-state index in [1.807, 2.05) is 13.0 Å². The summed E-state index contributed by atoms with van der Waals surface area (Å²) >= 11 is 0. The quantitative estimate of drug-likeness (QED) is 0.780. The number of ether oxygens (including phenoxy) is 2. The van der Waals surface area contributed by atoms with Gasteiger partial charge in [0.05, 0.1) is 0 Å². The van der Waals surface area contributed by atoms with E-state index in [0.29, 0.717) is 17.9 Å². The largest absolute Gasteiger partial charge is 0.454 e. The Morgan fingerprint density at radius 3 is 2.93 bits per heavy atom. The van der Waals surface area contributed by atoms with Crippen LogP contribution < -0.4 is 20.1 Å². The van der Waals surface area contributed by atoms with Crippen LogP contribution in [0.5, 0.6) is 11.5 Å².